The van der Waals surface area contributed by atoms with Crippen molar-refractivity contribution in [2.24, 2.45) is 5.41 Å². The highest BCUT2D eigenvalue weighted by Crippen LogP contribution is 2.37. The van der Waals surface area contributed by atoms with Gasteiger partial charge < -0.3 is 13.9 Å². The van der Waals surface area contributed by atoms with Crippen LogP contribution in [0.1, 0.15) is 31.7 Å². The number of carbonyl (C=O) groups excluding carboxylic acids is 1. The smallest absolute Gasteiger partial charge is 0.417 e. The van der Waals surface area contributed by atoms with E-state index in [-0.39, 0.29) is 5.97 Å². The number of oxazole rings is 1. The fourth-order valence-corrected chi connectivity index (χ4v) is 4.22. The normalized spacial score (nSPS) is 16.3. The predicted molar refractivity (Wildman–Crippen MR) is 117 cm³/mol. The molecular formula is C24H28N2O5. The van der Waals surface area contributed by atoms with Gasteiger partial charge in [-0.3, -0.25) is 14.7 Å². The summed E-state index contributed by atoms with van der Waals surface area (Å²) in [6.07, 6.45) is 2.10. The summed E-state index contributed by atoms with van der Waals surface area (Å²) in [6.45, 7) is 5.05. The zero-order valence-electron chi connectivity index (χ0n) is 17.8. The number of benzene rings is 2. The number of nitrogens with zero attached hydrogens (tertiary/aromatic N) is 1. The molecule has 1 N–H and O–H groups in total. The summed E-state index contributed by atoms with van der Waals surface area (Å²) in [5, 5.41) is 0. The van der Waals surface area contributed by atoms with Gasteiger partial charge in [0.25, 0.3) is 0 Å². The molecule has 0 spiro atoms. The largest absolute Gasteiger partial charge is 0.494 e. The number of para-hydroxylation sites is 1. The standard InChI is InChI=1S/C24H28N2O5/c1-2-29-22(27)24(12-15-30-19-6-4-3-5-7-19)10-13-26(14-11-24)17-18-8-9-21-20(16-18)25-23(28)31-21/h3-9,16H,2,10-15,17H2,1H3,(H,25,28). The SMILES string of the molecule is CCOC(=O)C1(CCOc2ccccc2)CCN(Cc2ccc3oc(=O)[nH]c3c2)CC1. The second-order valence-corrected chi connectivity index (χ2v) is 8.03. The van der Waals surface area contributed by atoms with E-state index in [1.54, 1.807) is 0 Å². The number of esters is 1. The van der Waals surface area contributed by atoms with Crippen LogP contribution >= 0.6 is 0 Å². The van der Waals surface area contributed by atoms with Gasteiger partial charge >= 0.3 is 11.7 Å². The summed E-state index contributed by atoms with van der Waals surface area (Å²) in [4.78, 5) is 29.2. The van der Waals surface area contributed by atoms with Crippen LogP contribution in [0.2, 0.25) is 0 Å². The number of ether oxygens (including phenoxy) is 2. The van der Waals surface area contributed by atoms with Crippen LogP contribution in [0.4, 0.5) is 0 Å². The van der Waals surface area contributed by atoms with E-state index < -0.39 is 11.2 Å². The monoisotopic (exact) mass is 424 g/mol. The lowest BCUT2D eigenvalue weighted by Gasteiger charge is -2.40. The van der Waals surface area contributed by atoms with Crippen molar-refractivity contribution in [2.75, 3.05) is 26.3 Å². The fraction of sp³-hybridized carbons (Fsp3) is 0.417. The van der Waals surface area contributed by atoms with Crippen LogP contribution in [0.15, 0.2) is 57.7 Å². The minimum absolute atomic E-state index is 0.122. The zero-order chi connectivity index (χ0) is 21.7. The van der Waals surface area contributed by atoms with Gasteiger partial charge in [-0.25, -0.2) is 4.79 Å². The molecule has 0 radical (unpaired) electrons. The van der Waals surface area contributed by atoms with Gasteiger partial charge in [0.1, 0.15) is 5.75 Å². The molecule has 164 valence electrons. The molecule has 0 amide bonds. The number of hydrogen-bond donors (Lipinski definition) is 1. The van der Waals surface area contributed by atoms with Crippen LogP contribution in [-0.4, -0.2) is 42.2 Å². The Hall–Kier alpha value is -3.06. The molecule has 2 heterocycles. The Balaban J connectivity index is 1.38. The minimum atomic E-state index is -0.513. The van der Waals surface area contributed by atoms with Crippen molar-refractivity contribution >= 4 is 17.1 Å². The molecule has 0 aliphatic carbocycles. The number of rotatable bonds is 8. The molecule has 0 unspecified atom stereocenters. The van der Waals surface area contributed by atoms with Crippen molar-refractivity contribution in [3.63, 3.8) is 0 Å². The van der Waals surface area contributed by atoms with Crippen molar-refractivity contribution in [1.29, 1.82) is 0 Å². The van der Waals surface area contributed by atoms with Crippen molar-refractivity contribution in [1.82, 2.24) is 9.88 Å². The quantitative estimate of drug-likeness (QED) is 0.555. The highest BCUT2D eigenvalue weighted by atomic mass is 16.5. The van der Waals surface area contributed by atoms with E-state index in [2.05, 4.69) is 9.88 Å². The van der Waals surface area contributed by atoms with Gasteiger partial charge in [-0.05, 0) is 69.1 Å². The van der Waals surface area contributed by atoms with Crippen LogP contribution < -0.4 is 10.5 Å². The van der Waals surface area contributed by atoms with Crippen molar-refractivity contribution in [2.45, 2.75) is 32.7 Å². The zero-order valence-corrected chi connectivity index (χ0v) is 17.8. The highest BCUT2D eigenvalue weighted by Gasteiger charge is 2.42. The van der Waals surface area contributed by atoms with Crippen molar-refractivity contribution < 1.29 is 18.7 Å². The van der Waals surface area contributed by atoms with Gasteiger partial charge in [0.05, 0.1) is 24.1 Å². The van der Waals surface area contributed by atoms with Gasteiger partial charge in [-0.15, -0.1) is 0 Å². The number of nitrogens with one attached hydrogen (secondary N) is 1. The van der Waals surface area contributed by atoms with E-state index in [9.17, 15) is 9.59 Å². The molecule has 1 aromatic heterocycles. The second-order valence-electron chi connectivity index (χ2n) is 8.03. The van der Waals surface area contributed by atoms with E-state index in [1.807, 2.05) is 55.5 Å². The summed E-state index contributed by atoms with van der Waals surface area (Å²) in [7, 11) is 0. The summed E-state index contributed by atoms with van der Waals surface area (Å²) in [6, 6.07) is 15.4. The Bertz CT molecular complexity index is 1060. The lowest BCUT2D eigenvalue weighted by atomic mass is 9.75. The fourth-order valence-electron chi connectivity index (χ4n) is 4.22. The number of aromatic amines is 1. The van der Waals surface area contributed by atoms with Crippen LogP contribution in [-0.2, 0) is 16.1 Å². The number of likely N-dealkylation sites (tertiary alicyclic amines) is 1. The van der Waals surface area contributed by atoms with E-state index in [4.69, 9.17) is 13.9 Å². The number of aromatic nitrogens is 1. The van der Waals surface area contributed by atoms with E-state index in [0.717, 1.165) is 43.8 Å². The van der Waals surface area contributed by atoms with E-state index in [0.29, 0.717) is 30.7 Å². The Kier molecular flexibility index (Phi) is 6.42. The summed E-state index contributed by atoms with van der Waals surface area (Å²) in [5.41, 5.74) is 1.85. The average Bonchev–Trinajstić information content (AvgIpc) is 3.15. The summed E-state index contributed by atoms with van der Waals surface area (Å²) < 4.78 is 16.4. The Labute approximate surface area is 181 Å². The first kappa shape index (κ1) is 21.2. The maximum absolute atomic E-state index is 12.8. The first-order valence-corrected chi connectivity index (χ1v) is 10.8. The molecular weight excluding hydrogens is 396 g/mol. The van der Waals surface area contributed by atoms with Gasteiger partial charge in [-0.1, -0.05) is 24.3 Å². The summed E-state index contributed by atoms with van der Waals surface area (Å²) in [5.74, 6) is 0.248. The second kappa shape index (κ2) is 9.39. The van der Waals surface area contributed by atoms with E-state index in [1.165, 1.54) is 0 Å². The molecule has 1 fully saturated rings. The molecule has 7 nitrogen and oxygen atoms in total. The number of carbonyl (C=O) groups is 1. The molecule has 31 heavy (non-hydrogen) atoms. The molecule has 0 bridgehead atoms. The molecule has 1 saturated heterocycles. The topological polar surface area (TPSA) is 84.8 Å². The Morgan fingerprint density at radius 1 is 1.16 bits per heavy atom. The number of piperidine rings is 1. The lowest BCUT2D eigenvalue weighted by molar-refractivity contribution is -0.159. The summed E-state index contributed by atoms with van der Waals surface area (Å²) >= 11 is 0. The molecule has 2 aromatic carbocycles. The van der Waals surface area contributed by atoms with Gasteiger partial charge in [0.2, 0.25) is 0 Å². The number of hydrogen-bond acceptors (Lipinski definition) is 6. The minimum Gasteiger partial charge on any atom is -0.494 e. The number of H-pyrrole nitrogens is 1. The molecule has 4 rings (SSSR count). The molecule has 0 atom stereocenters. The average molecular weight is 424 g/mol. The third kappa shape index (κ3) is 4.99. The van der Waals surface area contributed by atoms with Crippen LogP contribution in [0.3, 0.4) is 0 Å². The van der Waals surface area contributed by atoms with Crippen LogP contribution in [0, 0.1) is 5.41 Å². The van der Waals surface area contributed by atoms with Gasteiger partial charge in [-0.2, -0.15) is 0 Å². The molecule has 3 aromatic rings. The first-order valence-electron chi connectivity index (χ1n) is 10.8. The van der Waals surface area contributed by atoms with E-state index >= 15 is 0 Å². The van der Waals surface area contributed by atoms with Crippen molar-refractivity contribution in [3.05, 3.63) is 64.6 Å². The Morgan fingerprint density at radius 3 is 2.68 bits per heavy atom. The third-order valence-electron chi connectivity index (χ3n) is 6.00. The molecule has 1 aliphatic heterocycles. The lowest BCUT2D eigenvalue weighted by Crippen LogP contribution is -2.45. The van der Waals surface area contributed by atoms with Gasteiger partial charge in [0, 0.05) is 6.54 Å². The maximum atomic E-state index is 12.8. The predicted octanol–water partition coefficient (Wildman–Crippen LogP) is 3.74. The van der Waals surface area contributed by atoms with Crippen LogP contribution in [0.5, 0.6) is 5.75 Å². The third-order valence-corrected chi connectivity index (χ3v) is 6.00. The Morgan fingerprint density at radius 2 is 1.94 bits per heavy atom. The molecule has 0 saturated carbocycles. The first-order chi connectivity index (χ1) is 15.1. The maximum Gasteiger partial charge on any atom is 0.417 e. The van der Waals surface area contributed by atoms with Gasteiger partial charge in [0.15, 0.2) is 5.58 Å². The molecule has 1 aliphatic rings. The highest BCUT2D eigenvalue weighted by molar-refractivity contribution is 5.77. The molecule has 7 heteroatoms. The number of fused-ring (bicyclic) bond motifs is 1. The van der Waals surface area contributed by atoms with Crippen LogP contribution in [0.25, 0.3) is 11.1 Å². The van der Waals surface area contributed by atoms with Crippen molar-refractivity contribution in [3.8, 4) is 5.75 Å².